The summed E-state index contributed by atoms with van der Waals surface area (Å²) in [6, 6.07) is 4.79. The molecule has 0 radical (unpaired) electrons. The van der Waals surface area contributed by atoms with Crippen LogP contribution < -0.4 is 10.1 Å². The van der Waals surface area contributed by atoms with Gasteiger partial charge in [-0.25, -0.2) is 0 Å². The number of aliphatic hydroxyl groups is 1. The molecule has 2 rings (SSSR count). The number of ether oxygens (including phenoxy) is 1. The van der Waals surface area contributed by atoms with Crippen molar-refractivity contribution in [1.82, 2.24) is 10.2 Å². The number of rotatable bonds is 6. The molecule has 0 aromatic heterocycles. The maximum atomic E-state index is 11.0. The lowest BCUT2D eigenvalue weighted by Crippen LogP contribution is -2.47. The minimum Gasteiger partial charge on any atom is -0.484 e. The van der Waals surface area contributed by atoms with Crippen molar-refractivity contribution in [2.45, 2.75) is 13.0 Å². The first kappa shape index (κ1) is 15.7. The van der Waals surface area contributed by atoms with E-state index in [2.05, 4.69) is 10.2 Å². The summed E-state index contributed by atoms with van der Waals surface area (Å²) in [6.45, 7) is 5.93. The second-order valence-corrected chi connectivity index (χ2v) is 5.20. The third-order valence-corrected chi connectivity index (χ3v) is 3.49. The van der Waals surface area contributed by atoms with Gasteiger partial charge < -0.3 is 15.2 Å². The fraction of sp³-hybridized carbons (Fsp3) is 0.571. The number of nitrogens with zero attached hydrogens (tertiary/aromatic N) is 2. The molecule has 1 aliphatic rings. The lowest BCUT2D eigenvalue weighted by molar-refractivity contribution is -0.386. The Morgan fingerprint density at radius 2 is 2.19 bits per heavy atom. The van der Waals surface area contributed by atoms with E-state index in [9.17, 15) is 15.2 Å². The van der Waals surface area contributed by atoms with Gasteiger partial charge in [-0.2, -0.15) is 0 Å². The van der Waals surface area contributed by atoms with Crippen LogP contribution >= 0.6 is 0 Å². The molecular weight excluding hydrogens is 274 g/mol. The first-order chi connectivity index (χ1) is 10.1. The average Bonchev–Trinajstić information content (AvgIpc) is 2.46. The highest BCUT2D eigenvalue weighted by Gasteiger charge is 2.19. The maximum Gasteiger partial charge on any atom is 0.311 e. The Labute approximate surface area is 123 Å². The van der Waals surface area contributed by atoms with Crippen molar-refractivity contribution in [2.75, 3.05) is 39.3 Å². The normalized spacial score (nSPS) is 17.4. The van der Waals surface area contributed by atoms with Crippen LogP contribution in [0.4, 0.5) is 5.69 Å². The Morgan fingerprint density at radius 1 is 1.48 bits per heavy atom. The van der Waals surface area contributed by atoms with Gasteiger partial charge in [0.25, 0.3) is 0 Å². The molecular formula is C14H21N3O4. The van der Waals surface area contributed by atoms with Crippen LogP contribution in [0.15, 0.2) is 18.2 Å². The van der Waals surface area contributed by atoms with Crippen LogP contribution in [0.3, 0.4) is 0 Å². The maximum absolute atomic E-state index is 11.0. The molecule has 1 aromatic carbocycles. The van der Waals surface area contributed by atoms with Crippen molar-refractivity contribution in [3.8, 4) is 5.75 Å². The van der Waals surface area contributed by atoms with Crippen LogP contribution in [0.25, 0.3) is 0 Å². The minimum atomic E-state index is -0.665. The van der Waals surface area contributed by atoms with Crippen LogP contribution in [-0.2, 0) is 0 Å². The summed E-state index contributed by atoms with van der Waals surface area (Å²) >= 11 is 0. The lowest BCUT2D eigenvalue weighted by Gasteiger charge is -2.29. The van der Waals surface area contributed by atoms with E-state index >= 15 is 0 Å². The Hall–Kier alpha value is -1.70. The molecule has 0 amide bonds. The van der Waals surface area contributed by atoms with E-state index in [0.29, 0.717) is 12.1 Å². The number of nitro groups is 1. The summed E-state index contributed by atoms with van der Waals surface area (Å²) in [7, 11) is 0. The average molecular weight is 295 g/mol. The number of aryl methyl sites for hydroxylation is 1. The van der Waals surface area contributed by atoms with E-state index in [1.54, 1.807) is 19.1 Å². The molecule has 1 saturated heterocycles. The Balaban J connectivity index is 1.91. The zero-order chi connectivity index (χ0) is 15.2. The minimum absolute atomic E-state index is 0.0512. The molecule has 1 unspecified atom stereocenters. The SMILES string of the molecule is Cc1cccc([N+](=O)[O-])c1OCC(O)CN1CCNCC1. The summed E-state index contributed by atoms with van der Waals surface area (Å²) in [4.78, 5) is 12.7. The quantitative estimate of drug-likeness (QED) is 0.588. The molecule has 0 spiro atoms. The summed E-state index contributed by atoms with van der Waals surface area (Å²) in [5.41, 5.74) is 0.628. The van der Waals surface area contributed by atoms with Gasteiger partial charge in [0.1, 0.15) is 12.7 Å². The van der Waals surface area contributed by atoms with Gasteiger partial charge >= 0.3 is 5.69 Å². The summed E-state index contributed by atoms with van der Waals surface area (Å²) in [5, 5.41) is 24.3. The molecule has 21 heavy (non-hydrogen) atoms. The molecule has 116 valence electrons. The molecule has 0 saturated carbocycles. The fourth-order valence-corrected chi connectivity index (χ4v) is 2.39. The van der Waals surface area contributed by atoms with Gasteiger partial charge in [0.2, 0.25) is 0 Å². The van der Waals surface area contributed by atoms with Gasteiger partial charge in [-0.05, 0) is 12.5 Å². The van der Waals surface area contributed by atoms with Crippen molar-refractivity contribution in [3.05, 3.63) is 33.9 Å². The third kappa shape index (κ3) is 4.38. The second-order valence-electron chi connectivity index (χ2n) is 5.20. The number of nitro benzene ring substituents is 1. The molecule has 1 fully saturated rings. The van der Waals surface area contributed by atoms with Crippen molar-refractivity contribution in [1.29, 1.82) is 0 Å². The van der Waals surface area contributed by atoms with Crippen LogP contribution in [0.5, 0.6) is 5.75 Å². The molecule has 1 heterocycles. The van der Waals surface area contributed by atoms with Gasteiger partial charge in [-0.3, -0.25) is 15.0 Å². The molecule has 0 bridgehead atoms. The smallest absolute Gasteiger partial charge is 0.311 e. The second kappa shape index (κ2) is 7.35. The van der Waals surface area contributed by atoms with Crippen molar-refractivity contribution in [2.24, 2.45) is 0 Å². The van der Waals surface area contributed by atoms with E-state index in [1.807, 2.05) is 0 Å². The molecule has 1 aliphatic heterocycles. The van der Waals surface area contributed by atoms with E-state index in [1.165, 1.54) is 6.07 Å². The van der Waals surface area contributed by atoms with Crippen molar-refractivity contribution in [3.63, 3.8) is 0 Å². The first-order valence-electron chi connectivity index (χ1n) is 7.06. The highest BCUT2D eigenvalue weighted by atomic mass is 16.6. The van der Waals surface area contributed by atoms with Gasteiger partial charge in [0.05, 0.1) is 4.92 Å². The van der Waals surface area contributed by atoms with Crippen molar-refractivity contribution < 1.29 is 14.8 Å². The molecule has 7 heteroatoms. The van der Waals surface area contributed by atoms with Crippen LogP contribution in [0, 0.1) is 17.0 Å². The van der Waals surface area contributed by atoms with Crippen LogP contribution in [0.1, 0.15) is 5.56 Å². The number of aliphatic hydroxyl groups excluding tert-OH is 1. The van der Waals surface area contributed by atoms with E-state index in [0.717, 1.165) is 26.2 Å². The molecule has 1 atom stereocenters. The van der Waals surface area contributed by atoms with Gasteiger partial charge in [-0.1, -0.05) is 12.1 Å². The molecule has 1 aromatic rings. The Bertz CT molecular complexity index is 489. The molecule has 2 N–H and O–H groups in total. The number of β-amino-alcohol motifs (C(OH)–C–C–N with tert-alkyl or cyclic N) is 1. The van der Waals surface area contributed by atoms with E-state index in [4.69, 9.17) is 4.74 Å². The van der Waals surface area contributed by atoms with Crippen LogP contribution in [0.2, 0.25) is 0 Å². The number of para-hydroxylation sites is 1. The van der Waals surface area contributed by atoms with Gasteiger partial charge in [0, 0.05) is 38.8 Å². The van der Waals surface area contributed by atoms with E-state index in [-0.39, 0.29) is 18.0 Å². The number of nitrogens with one attached hydrogen (secondary N) is 1. The van der Waals surface area contributed by atoms with Crippen molar-refractivity contribution >= 4 is 5.69 Å². The number of piperazine rings is 1. The predicted octanol–water partition coefficient (Wildman–Crippen LogP) is 0.548. The monoisotopic (exact) mass is 295 g/mol. The largest absolute Gasteiger partial charge is 0.484 e. The fourth-order valence-electron chi connectivity index (χ4n) is 2.39. The van der Waals surface area contributed by atoms with Crippen LogP contribution in [-0.4, -0.2) is 60.4 Å². The third-order valence-electron chi connectivity index (χ3n) is 3.49. The molecule has 0 aliphatic carbocycles. The van der Waals surface area contributed by atoms with Gasteiger partial charge in [-0.15, -0.1) is 0 Å². The zero-order valence-electron chi connectivity index (χ0n) is 12.1. The zero-order valence-corrected chi connectivity index (χ0v) is 12.1. The molecule has 7 nitrogen and oxygen atoms in total. The number of hydrogen-bond acceptors (Lipinski definition) is 6. The summed E-state index contributed by atoms with van der Waals surface area (Å²) in [6.07, 6.45) is -0.665. The van der Waals surface area contributed by atoms with E-state index < -0.39 is 11.0 Å². The van der Waals surface area contributed by atoms with Gasteiger partial charge in [0.15, 0.2) is 5.75 Å². The standard InChI is InChI=1S/C14H21N3O4/c1-11-3-2-4-13(17(19)20)14(11)21-10-12(18)9-16-7-5-15-6-8-16/h2-4,12,15,18H,5-10H2,1H3. The highest BCUT2D eigenvalue weighted by molar-refractivity contribution is 5.51. The lowest BCUT2D eigenvalue weighted by atomic mass is 10.2. The Morgan fingerprint density at radius 3 is 2.86 bits per heavy atom. The first-order valence-corrected chi connectivity index (χ1v) is 7.06. The predicted molar refractivity (Wildman–Crippen MR) is 78.6 cm³/mol. The number of hydrogen-bond donors (Lipinski definition) is 2. The summed E-state index contributed by atoms with van der Waals surface area (Å²) in [5.74, 6) is 0.238. The highest BCUT2D eigenvalue weighted by Crippen LogP contribution is 2.30. The Kier molecular flexibility index (Phi) is 5.49. The summed E-state index contributed by atoms with van der Waals surface area (Å²) < 4.78 is 5.50. The topological polar surface area (TPSA) is 87.9 Å². The number of benzene rings is 1.